The van der Waals surface area contributed by atoms with Gasteiger partial charge in [0.2, 0.25) is 0 Å². The van der Waals surface area contributed by atoms with Crippen molar-refractivity contribution in [2.24, 2.45) is 0 Å². The van der Waals surface area contributed by atoms with Crippen LogP contribution in [-0.4, -0.2) is 20.6 Å². The normalized spacial score (nSPS) is 10.3. The van der Waals surface area contributed by atoms with Crippen LogP contribution in [0, 0.1) is 11.8 Å². The molecule has 2 rings (SSSR count). The molecule has 0 aliphatic carbocycles. The van der Waals surface area contributed by atoms with Gasteiger partial charge in [0.1, 0.15) is 11.5 Å². The number of benzene rings is 2. The standard InChI is InChI=1S/C17H15NO4S/c1-3-5-17(19)18-13-8-10-14(11-9-13)22-15-6-4-7-16(12-15)23(2,20)21/h4,6-12H,1-2H3,(H,18,19). The maximum atomic E-state index is 11.5. The van der Waals surface area contributed by atoms with E-state index >= 15 is 0 Å². The van der Waals surface area contributed by atoms with Crippen LogP contribution >= 0.6 is 0 Å². The summed E-state index contributed by atoms with van der Waals surface area (Å²) in [5, 5.41) is 2.62. The molecule has 0 spiro atoms. The molecule has 0 fully saturated rings. The van der Waals surface area contributed by atoms with Crippen molar-refractivity contribution >= 4 is 21.4 Å². The zero-order valence-electron chi connectivity index (χ0n) is 12.7. The van der Waals surface area contributed by atoms with E-state index in [-0.39, 0.29) is 10.8 Å². The van der Waals surface area contributed by atoms with E-state index in [1.165, 1.54) is 12.1 Å². The first kappa shape index (κ1) is 16.6. The highest BCUT2D eigenvalue weighted by Crippen LogP contribution is 2.25. The highest BCUT2D eigenvalue weighted by molar-refractivity contribution is 7.90. The maximum Gasteiger partial charge on any atom is 0.300 e. The third-order valence-electron chi connectivity index (χ3n) is 2.82. The molecule has 0 saturated carbocycles. The number of sulfone groups is 1. The summed E-state index contributed by atoms with van der Waals surface area (Å²) in [5.74, 6) is 5.45. The molecule has 0 bridgehead atoms. The van der Waals surface area contributed by atoms with E-state index in [4.69, 9.17) is 4.74 Å². The van der Waals surface area contributed by atoms with Gasteiger partial charge >= 0.3 is 0 Å². The van der Waals surface area contributed by atoms with Gasteiger partial charge in [-0.1, -0.05) is 12.0 Å². The van der Waals surface area contributed by atoms with Crippen molar-refractivity contribution in [3.05, 3.63) is 48.5 Å². The summed E-state index contributed by atoms with van der Waals surface area (Å²) in [5.41, 5.74) is 0.593. The van der Waals surface area contributed by atoms with Crippen molar-refractivity contribution in [3.8, 4) is 23.3 Å². The first-order valence-corrected chi connectivity index (χ1v) is 8.59. The van der Waals surface area contributed by atoms with Crippen molar-refractivity contribution in [1.29, 1.82) is 0 Å². The lowest BCUT2D eigenvalue weighted by Gasteiger charge is -2.08. The molecule has 0 aliphatic rings. The number of rotatable bonds is 4. The number of amides is 1. The molecular weight excluding hydrogens is 314 g/mol. The molecule has 1 N–H and O–H groups in total. The molecule has 0 heterocycles. The van der Waals surface area contributed by atoms with Crippen LogP contribution in [0.2, 0.25) is 0 Å². The highest BCUT2D eigenvalue weighted by Gasteiger charge is 2.08. The molecular formula is C17H15NO4S. The van der Waals surface area contributed by atoms with Gasteiger partial charge in [0.05, 0.1) is 4.90 Å². The number of hydrogen-bond donors (Lipinski definition) is 1. The average molecular weight is 329 g/mol. The Morgan fingerprint density at radius 3 is 2.39 bits per heavy atom. The number of anilines is 1. The van der Waals surface area contributed by atoms with E-state index in [1.54, 1.807) is 43.3 Å². The minimum absolute atomic E-state index is 0.192. The van der Waals surface area contributed by atoms with Gasteiger partial charge in [-0.3, -0.25) is 4.79 Å². The molecule has 5 nitrogen and oxygen atoms in total. The summed E-state index contributed by atoms with van der Waals surface area (Å²) in [6.45, 7) is 1.58. The topological polar surface area (TPSA) is 72.5 Å². The highest BCUT2D eigenvalue weighted by atomic mass is 32.2. The van der Waals surface area contributed by atoms with Gasteiger partial charge in [0, 0.05) is 11.9 Å². The van der Waals surface area contributed by atoms with Gasteiger partial charge in [0.25, 0.3) is 5.91 Å². The van der Waals surface area contributed by atoms with E-state index < -0.39 is 9.84 Å². The van der Waals surface area contributed by atoms with Gasteiger partial charge < -0.3 is 10.1 Å². The van der Waals surface area contributed by atoms with Gasteiger partial charge in [-0.25, -0.2) is 8.42 Å². The number of carbonyl (C=O) groups excluding carboxylic acids is 1. The Hall–Kier alpha value is -2.78. The van der Waals surface area contributed by atoms with Crippen molar-refractivity contribution < 1.29 is 17.9 Å². The monoisotopic (exact) mass is 329 g/mol. The van der Waals surface area contributed by atoms with Gasteiger partial charge in [-0.15, -0.1) is 0 Å². The van der Waals surface area contributed by atoms with Crippen LogP contribution in [0.25, 0.3) is 0 Å². The van der Waals surface area contributed by atoms with Gasteiger partial charge in [0.15, 0.2) is 9.84 Å². The third-order valence-corrected chi connectivity index (χ3v) is 3.93. The number of carbonyl (C=O) groups is 1. The summed E-state index contributed by atoms with van der Waals surface area (Å²) >= 11 is 0. The number of ether oxygens (including phenoxy) is 1. The minimum atomic E-state index is -3.28. The third kappa shape index (κ3) is 4.87. The Bertz CT molecular complexity index is 875. The summed E-state index contributed by atoms with van der Waals surface area (Å²) in [6.07, 6.45) is 1.14. The molecule has 0 atom stereocenters. The van der Waals surface area contributed by atoms with E-state index in [0.717, 1.165) is 6.26 Å². The largest absolute Gasteiger partial charge is 0.457 e. The maximum absolute atomic E-state index is 11.5. The predicted molar refractivity (Wildman–Crippen MR) is 88.1 cm³/mol. The van der Waals surface area contributed by atoms with Crippen molar-refractivity contribution in [1.82, 2.24) is 0 Å². The number of nitrogens with one attached hydrogen (secondary N) is 1. The Labute approximate surface area is 135 Å². The second kappa shape index (κ2) is 6.99. The average Bonchev–Trinajstić information content (AvgIpc) is 2.49. The van der Waals surface area contributed by atoms with Crippen LogP contribution in [0.4, 0.5) is 5.69 Å². The SMILES string of the molecule is CC#CC(=O)Nc1ccc(Oc2cccc(S(C)(=O)=O)c2)cc1. The van der Waals surface area contributed by atoms with E-state index in [2.05, 4.69) is 17.2 Å². The van der Waals surface area contributed by atoms with Crippen LogP contribution in [-0.2, 0) is 14.6 Å². The lowest BCUT2D eigenvalue weighted by Crippen LogP contribution is -2.07. The Morgan fingerprint density at radius 1 is 1.09 bits per heavy atom. The fourth-order valence-corrected chi connectivity index (χ4v) is 2.44. The zero-order chi connectivity index (χ0) is 16.9. The smallest absolute Gasteiger partial charge is 0.300 e. The summed E-state index contributed by atoms with van der Waals surface area (Å²) in [4.78, 5) is 11.5. The second-order valence-electron chi connectivity index (χ2n) is 4.70. The van der Waals surface area contributed by atoms with Crippen LogP contribution in [0.3, 0.4) is 0 Å². The first-order chi connectivity index (χ1) is 10.9. The second-order valence-corrected chi connectivity index (χ2v) is 6.72. The Kier molecular flexibility index (Phi) is 5.04. The van der Waals surface area contributed by atoms with Crippen molar-refractivity contribution in [3.63, 3.8) is 0 Å². The molecule has 6 heteroatoms. The Balaban J connectivity index is 2.12. The van der Waals surface area contributed by atoms with Crippen molar-refractivity contribution in [2.75, 3.05) is 11.6 Å². The zero-order valence-corrected chi connectivity index (χ0v) is 13.5. The van der Waals surface area contributed by atoms with E-state index in [0.29, 0.717) is 17.2 Å². The van der Waals surface area contributed by atoms with Crippen LogP contribution in [0.5, 0.6) is 11.5 Å². The van der Waals surface area contributed by atoms with Gasteiger partial charge in [-0.05, 0) is 55.3 Å². The van der Waals surface area contributed by atoms with Crippen LogP contribution in [0.1, 0.15) is 6.92 Å². The molecule has 1 amide bonds. The lowest BCUT2D eigenvalue weighted by atomic mass is 10.3. The quantitative estimate of drug-likeness (QED) is 0.876. The lowest BCUT2D eigenvalue weighted by molar-refractivity contribution is -0.111. The molecule has 23 heavy (non-hydrogen) atoms. The van der Waals surface area contributed by atoms with Crippen LogP contribution in [0.15, 0.2) is 53.4 Å². The van der Waals surface area contributed by atoms with E-state index in [9.17, 15) is 13.2 Å². The molecule has 0 radical (unpaired) electrons. The number of hydrogen-bond acceptors (Lipinski definition) is 4. The molecule has 0 aliphatic heterocycles. The molecule has 2 aromatic carbocycles. The summed E-state index contributed by atoms with van der Waals surface area (Å²) in [7, 11) is -3.28. The Morgan fingerprint density at radius 2 is 1.78 bits per heavy atom. The fourth-order valence-electron chi connectivity index (χ4n) is 1.79. The minimum Gasteiger partial charge on any atom is -0.457 e. The predicted octanol–water partition coefficient (Wildman–Crippen LogP) is 2.84. The molecule has 2 aromatic rings. The van der Waals surface area contributed by atoms with E-state index in [1.807, 2.05) is 0 Å². The molecule has 0 unspecified atom stereocenters. The fraction of sp³-hybridized carbons (Fsp3) is 0.118. The summed E-state index contributed by atoms with van der Waals surface area (Å²) in [6, 6.07) is 12.9. The van der Waals surface area contributed by atoms with Gasteiger partial charge in [-0.2, -0.15) is 0 Å². The first-order valence-electron chi connectivity index (χ1n) is 6.70. The summed E-state index contributed by atoms with van der Waals surface area (Å²) < 4.78 is 28.7. The molecule has 0 saturated heterocycles. The molecule has 118 valence electrons. The van der Waals surface area contributed by atoms with Crippen molar-refractivity contribution in [2.45, 2.75) is 11.8 Å². The molecule has 0 aromatic heterocycles. The van der Waals surface area contributed by atoms with Crippen LogP contribution < -0.4 is 10.1 Å².